The Bertz CT molecular complexity index is 484. The average molecular weight is 280 g/mol. The van der Waals surface area contributed by atoms with Gasteiger partial charge in [0.25, 0.3) is 0 Å². The molecule has 0 aliphatic carbocycles. The first kappa shape index (κ1) is 14.1. The minimum absolute atomic E-state index is 0.171. The number of benzene rings is 1. The van der Waals surface area contributed by atoms with Crippen molar-refractivity contribution < 1.29 is 5.11 Å². The van der Waals surface area contributed by atoms with E-state index in [0.29, 0.717) is 13.1 Å². The molecule has 0 bridgehead atoms. The number of rotatable bonds is 6. The summed E-state index contributed by atoms with van der Waals surface area (Å²) >= 11 is 5.85. The molecule has 102 valence electrons. The monoisotopic (exact) mass is 279 g/mol. The van der Waals surface area contributed by atoms with Crippen molar-refractivity contribution in [2.45, 2.75) is 25.6 Å². The quantitative estimate of drug-likeness (QED) is 0.853. The Hall–Kier alpha value is -1.36. The normalized spacial score (nSPS) is 14.3. The van der Waals surface area contributed by atoms with E-state index in [1.807, 2.05) is 36.5 Å². The van der Waals surface area contributed by atoms with E-state index in [9.17, 15) is 5.11 Å². The molecule has 5 heteroatoms. The van der Waals surface area contributed by atoms with Gasteiger partial charge in [-0.1, -0.05) is 23.7 Å². The third-order valence-corrected chi connectivity index (χ3v) is 3.24. The van der Waals surface area contributed by atoms with E-state index in [2.05, 4.69) is 17.3 Å². The van der Waals surface area contributed by atoms with Gasteiger partial charge < -0.3 is 10.4 Å². The van der Waals surface area contributed by atoms with Gasteiger partial charge in [-0.15, -0.1) is 0 Å². The highest BCUT2D eigenvalue weighted by Gasteiger charge is 2.09. The first-order valence-electron chi connectivity index (χ1n) is 6.29. The lowest BCUT2D eigenvalue weighted by Gasteiger charge is -2.17. The van der Waals surface area contributed by atoms with Gasteiger partial charge >= 0.3 is 0 Å². The van der Waals surface area contributed by atoms with Crippen molar-refractivity contribution in [3.05, 3.63) is 53.3 Å². The molecule has 19 heavy (non-hydrogen) atoms. The second-order valence-electron chi connectivity index (χ2n) is 4.56. The van der Waals surface area contributed by atoms with Crippen molar-refractivity contribution in [3.8, 4) is 0 Å². The maximum Gasteiger partial charge on any atom is 0.0860 e. The highest BCUT2D eigenvalue weighted by Crippen LogP contribution is 2.15. The highest BCUT2D eigenvalue weighted by molar-refractivity contribution is 6.30. The molecule has 1 aromatic carbocycles. The molecule has 0 aliphatic heterocycles. The van der Waals surface area contributed by atoms with Crippen molar-refractivity contribution in [3.63, 3.8) is 0 Å². The minimum atomic E-state index is -0.463. The summed E-state index contributed by atoms with van der Waals surface area (Å²) in [5.41, 5.74) is 1.15. The Morgan fingerprint density at radius 3 is 2.74 bits per heavy atom. The van der Waals surface area contributed by atoms with Gasteiger partial charge in [-0.25, -0.2) is 0 Å². The zero-order valence-corrected chi connectivity index (χ0v) is 11.6. The van der Waals surface area contributed by atoms with Gasteiger partial charge in [-0.05, 0) is 30.7 Å². The third-order valence-electron chi connectivity index (χ3n) is 2.99. The van der Waals surface area contributed by atoms with Crippen molar-refractivity contribution in [1.29, 1.82) is 0 Å². The van der Waals surface area contributed by atoms with Crippen molar-refractivity contribution >= 4 is 11.6 Å². The molecule has 0 saturated carbocycles. The second-order valence-corrected chi connectivity index (χ2v) is 5.00. The molecule has 0 fully saturated rings. The van der Waals surface area contributed by atoms with Crippen molar-refractivity contribution in [2.24, 2.45) is 0 Å². The topological polar surface area (TPSA) is 50.1 Å². The summed E-state index contributed by atoms with van der Waals surface area (Å²) in [7, 11) is 0. The number of nitrogens with zero attached hydrogens (tertiary/aromatic N) is 2. The summed E-state index contributed by atoms with van der Waals surface area (Å²) in [6.07, 6.45) is 3.08. The number of aromatic nitrogens is 2. The van der Waals surface area contributed by atoms with E-state index < -0.39 is 6.10 Å². The number of nitrogens with one attached hydrogen (secondary N) is 1. The number of halogens is 1. The smallest absolute Gasteiger partial charge is 0.0860 e. The van der Waals surface area contributed by atoms with Crippen LogP contribution in [0.5, 0.6) is 0 Å². The molecule has 0 radical (unpaired) electrons. The third kappa shape index (κ3) is 4.35. The predicted molar refractivity (Wildman–Crippen MR) is 76.1 cm³/mol. The lowest BCUT2D eigenvalue weighted by molar-refractivity contribution is 0.143. The van der Waals surface area contributed by atoms with E-state index in [0.717, 1.165) is 10.6 Å². The zero-order valence-electron chi connectivity index (χ0n) is 10.8. The summed E-state index contributed by atoms with van der Waals surface area (Å²) in [5, 5.41) is 18.0. The van der Waals surface area contributed by atoms with Gasteiger partial charge in [0.1, 0.15) is 0 Å². The largest absolute Gasteiger partial charge is 0.390 e. The number of hydrogen-bond donors (Lipinski definition) is 2. The maximum atomic E-state index is 9.92. The van der Waals surface area contributed by atoms with Gasteiger partial charge in [0.2, 0.25) is 0 Å². The zero-order chi connectivity index (χ0) is 13.7. The van der Waals surface area contributed by atoms with Gasteiger partial charge in [-0.3, -0.25) is 4.68 Å². The highest BCUT2D eigenvalue weighted by atomic mass is 35.5. The Labute approximate surface area is 118 Å². The molecule has 1 aromatic heterocycles. The van der Waals surface area contributed by atoms with E-state index in [1.54, 1.807) is 10.9 Å². The van der Waals surface area contributed by atoms with Crippen LogP contribution in [0.4, 0.5) is 0 Å². The molecule has 2 N–H and O–H groups in total. The van der Waals surface area contributed by atoms with E-state index in [1.165, 1.54) is 0 Å². The fourth-order valence-electron chi connectivity index (χ4n) is 1.87. The van der Waals surface area contributed by atoms with Crippen LogP contribution >= 0.6 is 11.6 Å². The van der Waals surface area contributed by atoms with Gasteiger partial charge in [-0.2, -0.15) is 5.10 Å². The standard InChI is InChI=1S/C14H18ClN3O/c1-11(12-3-5-13(15)6-4-12)16-9-14(19)10-18-8-2-7-17-18/h2-8,11,14,16,19H,9-10H2,1H3. The Balaban J connectivity index is 1.79. The van der Waals surface area contributed by atoms with Crippen molar-refractivity contribution in [1.82, 2.24) is 15.1 Å². The number of aliphatic hydroxyl groups is 1. The Morgan fingerprint density at radius 2 is 2.11 bits per heavy atom. The van der Waals surface area contributed by atoms with E-state index >= 15 is 0 Å². The van der Waals surface area contributed by atoms with E-state index in [4.69, 9.17) is 11.6 Å². The van der Waals surface area contributed by atoms with Gasteiger partial charge in [0.15, 0.2) is 0 Å². The summed E-state index contributed by atoms with van der Waals surface area (Å²) in [5.74, 6) is 0. The number of hydrogen-bond acceptors (Lipinski definition) is 3. The van der Waals surface area contributed by atoms with Crippen LogP contribution in [0.25, 0.3) is 0 Å². The molecule has 2 aromatic rings. The summed E-state index contributed by atoms with van der Waals surface area (Å²) in [6, 6.07) is 9.73. The van der Waals surface area contributed by atoms with Gasteiger partial charge in [0, 0.05) is 30.0 Å². The molecule has 2 unspecified atom stereocenters. The van der Waals surface area contributed by atoms with Crippen LogP contribution in [-0.2, 0) is 6.54 Å². The molecule has 0 aliphatic rings. The van der Waals surface area contributed by atoms with Crippen LogP contribution in [0.15, 0.2) is 42.7 Å². The van der Waals surface area contributed by atoms with Gasteiger partial charge in [0.05, 0.1) is 12.6 Å². The maximum absolute atomic E-state index is 9.92. The molecule has 1 heterocycles. The van der Waals surface area contributed by atoms with Crippen LogP contribution in [0.3, 0.4) is 0 Å². The van der Waals surface area contributed by atoms with Crippen LogP contribution in [-0.4, -0.2) is 27.5 Å². The Morgan fingerprint density at radius 1 is 1.37 bits per heavy atom. The molecule has 0 spiro atoms. The molecule has 0 saturated heterocycles. The SMILES string of the molecule is CC(NCC(O)Cn1cccn1)c1ccc(Cl)cc1. The lowest BCUT2D eigenvalue weighted by Crippen LogP contribution is -2.32. The van der Waals surface area contributed by atoms with E-state index in [-0.39, 0.29) is 6.04 Å². The predicted octanol–water partition coefficient (Wildman–Crippen LogP) is 2.25. The summed E-state index contributed by atoms with van der Waals surface area (Å²) < 4.78 is 1.72. The average Bonchev–Trinajstić information content (AvgIpc) is 2.89. The second kappa shape index (κ2) is 6.70. The van der Waals surface area contributed by atoms with Crippen LogP contribution in [0, 0.1) is 0 Å². The Kier molecular flexibility index (Phi) is 4.96. The van der Waals surface area contributed by atoms with Crippen molar-refractivity contribution in [2.75, 3.05) is 6.54 Å². The summed E-state index contributed by atoms with van der Waals surface area (Å²) in [6.45, 7) is 3.07. The number of aliphatic hydroxyl groups excluding tert-OH is 1. The fourth-order valence-corrected chi connectivity index (χ4v) is 2.00. The van der Waals surface area contributed by atoms with Crippen LogP contribution < -0.4 is 5.32 Å². The summed E-state index contributed by atoms with van der Waals surface area (Å²) in [4.78, 5) is 0. The van der Waals surface area contributed by atoms with Crippen LogP contribution in [0.2, 0.25) is 5.02 Å². The molecule has 2 atom stereocenters. The lowest BCUT2D eigenvalue weighted by atomic mass is 10.1. The first-order valence-corrected chi connectivity index (χ1v) is 6.67. The molecule has 4 nitrogen and oxygen atoms in total. The molecular weight excluding hydrogens is 262 g/mol. The molecule has 0 amide bonds. The van der Waals surface area contributed by atoms with Crippen LogP contribution in [0.1, 0.15) is 18.5 Å². The minimum Gasteiger partial charge on any atom is -0.390 e. The first-order chi connectivity index (χ1) is 9.15. The molecular formula is C14H18ClN3O. The fraction of sp³-hybridized carbons (Fsp3) is 0.357. The molecule has 2 rings (SSSR count).